The van der Waals surface area contributed by atoms with Crippen LogP contribution in [-0.2, 0) is 14.3 Å². The molecule has 0 saturated carbocycles. The number of benzene rings is 1. The quantitative estimate of drug-likeness (QED) is 0.191. The number of carbonyl (C=O) groups is 2. The van der Waals surface area contributed by atoms with E-state index in [4.69, 9.17) is 9.47 Å². The topological polar surface area (TPSA) is 95.7 Å². The minimum Gasteiger partial charge on any atom is -0.463 e. The summed E-state index contributed by atoms with van der Waals surface area (Å²) in [6, 6.07) is 5.19. The van der Waals surface area contributed by atoms with E-state index in [0.29, 0.717) is 6.61 Å². The standard InChI is InChI=1S/C14H15NO6/c1-2-3-9-20-13(16)7-8-14(17)21-12-6-4-5-11(10-12)15(18)19/h4-8,10H,2-3,9H2,1H3/b8-7+. The maximum Gasteiger partial charge on any atom is 0.336 e. The second-order valence-electron chi connectivity index (χ2n) is 4.03. The van der Waals surface area contributed by atoms with Gasteiger partial charge in [-0.3, -0.25) is 10.1 Å². The summed E-state index contributed by atoms with van der Waals surface area (Å²) in [5.74, 6) is -1.43. The monoisotopic (exact) mass is 293 g/mol. The molecule has 0 aliphatic carbocycles. The van der Waals surface area contributed by atoms with Gasteiger partial charge in [0.2, 0.25) is 0 Å². The summed E-state index contributed by atoms with van der Waals surface area (Å²) in [5, 5.41) is 10.6. The van der Waals surface area contributed by atoms with Crippen molar-refractivity contribution < 1.29 is 24.0 Å². The predicted molar refractivity (Wildman–Crippen MR) is 73.7 cm³/mol. The van der Waals surface area contributed by atoms with E-state index in [1.807, 2.05) is 6.92 Å². The van der Waals surface area contributed by atoms with Crippen molar-refractivity contribution in [2.75, 3.05) is 6.61 Å². The molecule has 0 heterocycles. The number of carbonyl (C=O) groups excluding carboxylic acids is 2. The van der Waals surface area contributed by atoms with Crippen LogP contribution < -0.4 is 4.74 Å². The maximum absolute atomic E-state index is 11.4. The molecule has 7 heteroatoms. The fourth-order valence-electron chi connectivity index (χ4n) is 1.31. The maximum atomic E-state index is 11.4. The molecule has 0 atom stereocenters. The SMILES string of the molecule is CCCCOC(=O)/C=C/C(=O)Oc1cccc([N+](=O)[O-])c1. The average molecular weight is 293 g/mol. The number of rotatable bonds is 7. The zero-order valence-electron chi connectivity index (χ0n) is 11.5. The third-order valence-corrected chi connectivity index (χ3v) is 2.34. The second kappa shape index (κ2) is 8.47. The smallest absolute Gasteiger partial charge is 0.336 e. The van der Waals surface area contributed by atoms with Gasteiger partial charge in [-0.2, -0.15) is 0 Å². The van der Waals surface area contributed by atoms with E-state index in [0.717, 1.165) is 31.1 Å². The van der Waals surface area contributed by atoms with Crippen molar-refractivity contribution in [2.45, 2.75) is 19.8 Å². The molecule has 112 valence electrons. The number of nitro groups is 1. The summed E-state index contributed by atoms with van der Waals surface area (Å²) < 4.78 is 9.65. The van der Waals surface area contributed by atoms with Crippen LogP contribution >= 0.6 is 0 Å². The van der Waals surface area contributed by atoms with Crippen LogP contribution in [0.15, 0.2) is 36.4 Å². The number of nitro benzene ring substituents is 1. The lowest BCUT2D eigenvalue weighted by Gasteiger charge is -2.01. The van der Waals surface area contributed by atoms with Crippen molar-refractivity contribution in [1.29, 1.82) is 0 Å². The van der Waals surface area contributed by atoms with Crippen molar-refractivity contribution in [3.05, 3.63) is 46.5 Å². The Labute approximate surface area is 121 Å². The minimum absolute atomic E-state index is 0.0261. The Kier molecular flexibility index (Phi) is 6.59. The molecule has 0 bridgehead atoms. The Hall–Kier alpha value is -2.70. The summed E-state index contributed by atoms with van der Waals surface area (Å²) in [6.45, 7) is 2.25. The first kappa shape index (κ1) is 16.4. The third kappa shape index (κ3) is 6.33. The molecule has 0 aliphatic rings. The highest BCUT2D eigenvalue weighted by Gasteiger charge is 2.08. The molecule has 1 aromatic carbocycles. The third-order valence-electron chi connectivity index (χ3n) is 2.34. The van der Waals surface area contributed by atoms with Gasteiger partial charge in [0.25, 0.3) is 5.69 Å². The van der Waals surface area contributed by atoms with Gasteiger partial charge >= 0.3 is 11.9 Å². The molecule has 0 amide bonds. The van der Waals surface area contributed by atoms with Gasteiger partial charge in [-0.05, 0) is 12.5 Å². The van der Waals surface area contributed by atoms with Crippen LogP contribution in [0.2, 0.25) is 0 Å². The molecule has 7 nitrogen and oxygen atoms in total. The number of hydrogen-bond donors (Lipinski definition) is 0. The molecule has 0 aliphatic heterocycles. The van der Waals surface area contributed by atoms with E-state index >= 15 is 0 Å². The molecule has 0 aromatic heterocycles. The molecule has 0 N–H and O–H groups in total. The number of ether oxygens (including phenoxy) is 2. The van der Waals surface area contributed by atoms with Crippen LogP contribution in [0.5, 0.6) is 5.75 Å². The Morgan fingerprint density at radius 3 is 2.67 bits per heavy atom. The molecule has 0 spiro atoms. The molecule has 21 heavy (non-hydrogen) atoms. The lowest BCUT2D eigenvalue weighted by Crippen LogP contribution is -2.07. The molecule has 1 rings (SSSR count). The Balaban J connectivity index is 2.51. The first-order valence-corrected chi connectivity index (χ1v) is 6.34. The van der Waals surface area contributed by atoms with E-state index in [2.05, 4.69) is 0 Å². The van der Waals surface area contributed by atoms with Crippen LogP contribution in [0.3, 0.4) is 0 Å². The van der Waals surface area contributed by atoms with E-state index in [-0.39, 0.29) is 11.4 Å². The number of nitrogens with zero attached hydrogens (tertiary/aromatic N) is 1. The van der Waals surface area contributed by atoms with Crippen LogP contribution in [0, 0.1) is 10.1 Å². The zero-order valence-corrected chi connectivity index (χ0v) is 11.5. The van der Waals surface area contributed by atoms with E-state index in [9.17, 15) is 19.7 Å². The van der Waals surface area contributed by atoms with Gasteiger partial charge in [0, 0.05) is 18.2 Å². The first-order valence-electron chi connectivity index (χ1n) is 6.34. The summed E-state index contributed by atoms with van der Waals surface area (Å²) in [6.07, 6.45) is 3.51. The Morgan fingerprint density at radius 1 is 1.29 bits per heavy atom. The van der Waals surface area contributed by atoms with Gasteiger partial charge < -0.3 is 9.47 Å². The normalized spacial score (nSPS) is 10.3. The van der Waals surface area contributed by atoms with Crippen molar-refractivity contribution in [1.82, 2.24) is 0 Å². The number of hydrogen-bond acceptors (Lipinski definition) is 6. The predicted octanol–water partition coefficient (Wildman–Crippen LogP) is 2.40. The van der Waals surface area contributed by atoms with Crippen molar-refractivity contribution in [2.24, 2.45) is 0 Å². The molecular weight excluding hydrogens is 278 g/mol. The summed E-state index contributed by atoms with van der Waals surface area (Å²) in [5.41, 5.74) is -0.191. The highest BCUT2D eigenvalue weighted by atomic mass is 16.6. The van der Waals surface area contributed by atoms with Gasteiger partial charge in [-0.25, -0.2) is 9.59 Å². The number of non-ortho nitro benzene ring substituents is 1. The first-order chi connectivity index (χ1) is 10.0. The molecule has 0 fully saturated rings. The zero-order chi connectivity index (χ0) is 15.7. The van der Waals surface area contributed by atoms with Gasteiger partial charge in [0.15, 0.2) is 0 Å². The van der Waals surface area contributed by atoms with Crippen LogP contribution in [-0.4, -0.2) is 23.5 Å². The second-order valence-corrected chi connectivity index (χ2v) is 4.03. The van der Waals surface area contributed by atoms with Crippen molar-refractivity contribution in [3.63, 3.8) is 0 Å². The number of esters is 2. The van der Waals surface area contributed by atoms with E-state index in [1.165, 1.54) is 18.2 Å². The van der Waals surface area contributed by atoms with Crippen molar-refractivity contribution in [3.8, 4) is 5.75 Å². The Morgan fingerprint density at radius 2 is 2.00 bits per heavy atom. The van der Waals surface area contributed by atoms with Crippen LogP contribution in [0.25, 0.3) is 0 Å². The fourth-order valence-corrected chi connectivity index (χ4v) is 1.31. The average Bonchev–Trinajstić information content (AvgIpc) is 2.45. The van der Waals surface area contributed by atoms with Gasteiger partial charge in [-0.15, -0.1) is 0 Å². The van der Waals surface area contributed by atoms with Gasteiger partial charge in [-0.1, -0.05) is 19.4 Å². The summed E-state index contributed by atoms with van der Waals surface area (Å²) in [4.78, 5) is 32.6. The summed E-state index contributed by atoms with van der Waals surface area (Å²) in [7, 11) is 0. The molecule has 0 unspecified atom stereocenters. The Bertz CT molecular complexity index is 552. The largest absolute Gasteiger partial charge is 0.463 e. The van der Waals surface area contributed by atoms with Crippen LogP contribution in [0.1, 0.15) is 19.8 Å². The molecule has 1 aromatic rings. The lowest BCUT2D eigenvalue weighted by atomic mass is 10.3. The van der Waals surface area contributed by atoms with Crippen molar-refractivity contribution >= 4 is 17.6 Å². The van der Waals surface area contributed by atoms with Crippen LogP contribution in [0.4, 0.5) is 5.69 Å². The molecule has 0 radical (unpaired) electrons. The van der Waals surface area contributed by atoms with Gasteiger partial charge in [0.1, 0.15) is 5.75 Å². The lowest BCUT2D eigenvalue weighted by molar-refractivity contribution is -0.384. The molecule has 0 saturated heterocycles. The van der Waals surface area contributed by atoms with E-state index < -0.39 is 16.9 Å². The highest BCUT2D eigenvalue weighted by molar-refractivity contribution is 5.92. The minimum atomic E-state index is -0.817. The van der Waals surface area contributed by atoms with E-state index in [1.54, 1.807) is 0 Å². The highest BCUT2D eigenvalue weighted by Crippen LogP contribution is 2.19. The van der Waals surface area contributed by atoms with Gasteiger partial charge in [0.05, 0.1) is 17.6 Å². The summed E-state index contributed by atoms with van der Waals surface area (Å²) >= 11 is 0. The molecular formula is C14H15NO6. The fraction of sp³-hybridized carbons (Fsp3) is 0.286. The number of unbranched alkanes of at least 4 members (excludes halogenated alkanes) is 1.